The van der Waals surface area contributed by atoms with E-state index in [1.807, 2.05) is 23.1 Å². The minimum Gasteiger partial charge on any atom is -0.497 e. The zero-order valence-corrected chi connectivity index (χ0v) is 14.3. The Morgan fingerprint density at radius 3 is 2.75 bits per heavy atom. The summed E-state index contributed by atoms with van der Waals surface area (Å²) in [4.78, 5) is 14.6. The number of carbonyl (C=O) groups excluding carboxylic acids is 1. The van der Waals surface area contributed by atoms with Gasteiger partial charge in [0, 0.05) is 22.7 Å². The number of piperidine rings is 1. The molecule has 1 heterocycles. The lowest BCUT2D eigenvalue weighted by molar-refractivity contribution is 0.0532. The average molecular weight is 388 g/mol. The van der Waals surface area contributed by atoms with Crippen molar-refractivity contribution >= 4 is 28.5 Å². The van der Waals surface area contributed by atoms with Gasteiger partial charge in [-0.3, -0.25) is 4.79 Å². The van der Waals surface area contributed by atoms with Crippen molar-refractivity contribution in [2.24, 2.45) is 11.1 Å². The highest BCUT2D eigenvalue weighted by Crippen LogP contribution is 2.29. The number of amides is 1. The van der Waals surface area contributed by atoms with Gasteiger partial charge in [0.05, 0.1) is 12.7 Å². The molecule has 2 rings (SSSR count). The number of likely N-dealkylation sites (tertiary alicyclic amines) is 1. The summed E-state index contributed by atoms with van der Waals surface area (Å²) >= 11 is 2.18. The fourth-order valence-corrected chi connectivity index (χ4v) is 3.23. The molecule has 0 radical (unpaired) electrons. The zero-order valence-electron chi connectivity index (χ0n) is 12.1. The lowest BCUT2D eigenvalue weighted by Crippen LogP contribution is -2.54. The topological polar surface area (TPSA) is 55.6 Å². The SMILES string of the molecule is COc1ccc(C(=O)N2CCC(N)C(C)(C)C2)c(I)c1. The largest absolute Gasteiger partial charge is 0.497 e. The Balaban J connectivity index is 2.20. The second-order valence-corrected chi connectivity index (χ2v) is 7.12. The van der Waals surface area contributed by atoms with E-state index in [0.29, 0.717) is 6.54 Å². The van der Waals surface area contributed by atoms with E-state index in [-0.39, 0.29) is 17.4 Å². The maximum atomic E-state index is 12.7. The normalized spacial score (nSPS) is 21.6. The van der Waals surface area contributed by atoms with E-state index in [1.54, 1.807) is 7.11 Å². The first-order chi connectivity index (χ1) is 9.35. The summed E-state index contributed by atoms with van der Waals surface area (Å²) in [7, 11) is 1.63. The molecule has 110 valence electrons. The van der Waals surface area contributed by atoms with Crippen LogP contribution in [0, 0.1) is 8.99 Å². The predicted molar refractivity (Wildman–Crippen MR) is 88.0 cm³/mol. The number of carbonyl (C=O) groups is 1. The van der Waals surface area contributed by atoms with Crippen molar-refractivity contribution in [2.45, 2.75) is 26.3 Å². The predicted octanol–water partition coefficient (Wildman–Crippen LogP) is 2.50. The Morgan fingerprint density at radius 2 is 2.20 bits per heavy atom. The number of nitrogens with zero attached hydrogens (tertiary/aromatic N) is 1. The quantitative estimate of drug-likeness (QED) is 0.793. The monoisotopic (exact) mass is 388 g/mol. The summed E-state index contributed by atoms with van der Waals surface area (Å²) in [5, 5.41) is 0. The van der Waals surface area contributed by atoms with Crippen molar-refractivity contribution in [3.05, 3.63) is 27.3 Å². The number of methoxy groups -OCH3 is 1. The minimum atomic E-state index is -0.0359. The molecule has 1 aliphatic rings. The first kappa shape index (κ1) is 15.6. The molecule has 0 aromatic heterocycles. The molecule has 1 saturated heterocycles. The molecular weight excluding hydrogens is 367 g/mol. The van der Waals surface area contributed by atoms with Gasteiger partial charge in [0.2, 0.25) is 0 Å². The third kappa shape index (κ3) is 3.09. The van der Waals surface area contributed by atoms with E-state index >= 15 is 0 Å². The van der Waals surface area contributed by atoms with Gasteiger partial charge in [-0.15, -0.1) is 0 Å². The first-order valence-corrected chi connectivity index (χ1v) is 7.81. The van der Waals surface area contributed by atoms with Gasteiger partial charge in [-0.2, -0.15) is 0 Å². The fourth-order valence-electron chi connectivity index (χ4n) is 2.51. The van der Waals surface area contributed by atoms with Crippen LogP contribution in [0.15, 0.2) is 18.2 Å². The van der Waals surface area contributed by atoms with E-state index in [2.05, 4.69) is 36.4 Å². The Kier molecular flexibility index (Phi) is 4.59. The van der Waals surface area contributed by atoms with Gasteiger partial charge in [-0.25, -0.2) is 0 Å². The van der Waals surface area contributed by atoms with E-state index in [0.717, 1.165) is 27.8 Å². The van der Waals surface area contributed by atoms with Crippen molar-refractivity contribution in [2.75, 3.05) is 20.2 Å². The second-order valence-electron chi connectivity index (χ2n) is 5.96. The smallest absolute Gasteiger partial charge is 0.254 e. The van der Waals surface area contributed by atoms with Crippen LogP contribution in [0.4, 0.5) is 0 Å². The summed E-state index contributed by atoms with van der Waals surface area (Å²) < 4.78 is 6.09. The molecule has 1 atom stereocenters. The van der Waals surface area contributed by atoms with Crippen LogP contribution < -0.4 is 10.5 Å². The Labute approximate surface area is 133 Å². The lowest BCUT2D eigenvalue weighted by Gasteiger charge is -2.42. The van der Waals surface area contributed by atoms with Crippen molar-refractivity contribution in [1.82, 2.24) is 4.90 Å². The van der Waals surface area contributed by atoms with Crippen LogP contribution in [-0.2, 0) is 0 Å². The Bertz CT molecular complexity index is 517. The number of hydrogen-bond acceptors (Lipinski definition) is 3. The summed E-state index contributed by atoms with van der Waals surface area (Å²) in [6, 6.07) is 5.71. The molecule has 1 aromatic rings. The van der Waals surface area contributed by atoms with Gasteiger partial charge in [-0.05, 0) is 52.6 Å². The van der Waals surface area contributed by atoms with Crippen LogP contribution in [0.25, 0.3) is 0 Å². The molecule has 4 nitrogen and oxygen atoms in total. The number of hydrogen-bond donors (Lipinski definition) is 1. The molecule has 1 amide bonds. The molecule has 0 saturated carbocycles. The summed E-state index contributed by atoms with van der Waals surface area (Å²) in [6.45, 7) is 5.67. The minimum absolute atomic E-state index is 0.0359. The molecular formula is C15H21IN2O2. The second kappa shape index (κ2) is 5.89. The Morgan fingerprint density at radius 1 is 1.50 bits per heavy atom. The molecule has 20 heavy (non-hydrogen) atoms. The van der Waals surface area contributed by atoms with Gasteiger partial charge in [0.1, 0.15) is 5.75 Å². The molecule has 2 N–H and O–H groups in total. The number of ether oxygens (including phenoxy) is 1. The van der Waals surface area contributed by atoms with Crippen molar-refractivity contribution in [3.8, 4) is 5.75 Å². The molecule has 1 aromatic carbocycles. The summed E-state index contributed by atoms with van der Waals surface area (Å²) in [5.41, 5.74) is 6.82. The molecule has 5 heteroatoms. The highest BCUT2D eigenvalue weighted by molar-refractivity contribution is 14.1. The van der Waals surface area contributed by atoms with Crippen LogP contribution in [-0.4, -0.2) is 37.0 Å². The molecule has 1 fully saturated rings. The van der Waals surface area contributed by atoms with Crippen LogP contribution in [0.2, 0.25) is 0 Å². The van der Waals surface area contributed by atoms with E-state index < -0.39 is 0 Å². The van der Waals surface area contributed by atoms with E-state index in [1.165, 1.54) is 0 Å². The first-order valence-electron chi connectivity index (χ1n) is 6.73. The fraction of sp³-hybridized carbons (Fsp3) is 0.533. The van der Waals surface area contributed by atoms with Gasteiger partial charge < -0.3 is 15.4 Å². The van der Waals surface area contributed by atoms with Crippen LogP contribution in [0.3, 0.4) is 0 Å². The third-order valence-corrected chi connectivity index (χ3v) is 4.90. The maximum absolute atomic E-state index is 12.7. The van der Waals surface area contributed by atoms with Crippen molar-refractivity contribution in [3.63, 3.8) is 0 Å². The average Bonchev–Trinajstić information content (AvgIpc) is 2.41. The maximum Gasteiger partial charge on any atom is 0.254 e. The number of halogens is 1. The number of rotatable bonds is 2. The molecule has 1 unspecified atom stereocenters. The summed E-state index contributed by atoms with van der Waals surface area (Å²) in [5.74, 6) is 0.851. The van der Waals surface area contributed by atoms with Crippen molar-refractivity contribution in [1.29, 1.82) is 0 Å². The highest BCUT2D eigenvalue weighted by Gasteiger charge is 2.35. The van der Waals surface area contributed by atoms with Crippen LogP contribution >= 0.6 is 22.6 Å². The van der Waals surface area contributed by atoms with Gasteiger partial charge >= 0.3 is 0 Å². The zero-order chi connectivity index (χ0) is 14.9. The van der Waals surface area contributed by atoms with Gasteiger partial charge in [-0.1, -0.05) is 13.8 Å². The molecule has 0 aliphatic carbocycles. The van der Waals surface area contributed by atoms with Crippen LogP contribution in [0.5, 0.6) is 5.75 Å². The van der Waals surface area contributed by atoms with Crippen LogP contribution in [0.1, 0.15) is 30.6 Å². The molecule has 1 aliphatic heterocycles. The van der Waals surface area contributed by atoms with E-state index in [9.17, 15) is 4.79 Å². The van der Waals surface area contributed by atoms with E-state index in [4.69, 9.17) is 10.5 Å². The number of benzene rings is 1. The summed E-state index contributed by atoms with van der Waals surface area (Å²) in [6.07, 6.45) is 0.853. The third-order valence-electron chi connectivity index (χ3n) is 4.01. The molecule has 0 spiro atoms. The highest BCUT2D eigenvalue weighted by atomic mass is 127. The van der Waals surface area contributed by atoms with Gasteiger partial charge in [0.25, 0.3) is 5.91 Å². The standard InChI is InChI=1S/C15H21IN2O2/c1-15(2)9-18(7-6-13(15)17)14(19)11-5-4-10(20-3)8-12(11)16/h4-5,8,13H,6-7,9,17H2,1-3H3. The molecule has 0 bridgehead atoms. The number of nitrogens with two attached hydrogens (primary N) is 1. The Hall–Kier alpha value is -0.820. The van der Waals surface area contributed by atoms with Crippen molar-refractivity contribution < 1.29 is 9.53 Å². The lowest BCUT2D eigenvalue weighted by atomic mass is 9.79. The van der Waals surface area contributed by atoms with Gasteiger partial charge in [0.15, 0.2) is 0 Å².